The van der Waals surface area contributed by atoms with Gasteiger partial charge in [-0.3, -0.25) is 9.78 Å². The molecule has 3 atom stereocenters. The van der Waals surface area contributed by atoms with E-state index < -0.39 is 17.6 Å². The molecule has 2 aliphatic rings. The summed E-state index contributed by atoms with van der Waals surface area (Å²) >= 11 is 0. The van der Waals surface area contributed by atoms with E-state index in [4.69, 9.17) is 19.4 Å². The van der Waals surface area contributed by atoms with Gasteiger partial charge >= 0.3 is 0 Å². The number of carbonyl (C=O) groups is 1. The minimum Gasteiger partial charge on any atom is -0.495 e. The van der Waals surface area contributed by atoms with Gasteiger partial charge in [-0.05, 0) is 24.0 Å². The summed E-state index contributed by atoms with van der Waals surface area (Å²) in [6.07, 6.45) is 2.31. The quantitative estimate of drug-likeness (QED) is 0.457. The number of pyridine rings is 1. The summed E-state index contributed by atoms with van der Waals surface area (Å²) in [5.74, 6) is 0.725. The first-order valence-electron chi connectivity index (χ1n) is 11.4. The maximum atomic E-state index is 13.2. The first kappa shape index (κ1) is 27.0. The maximum Gasteiger partial charge on any atom is 0.263 e. The van der Waals surface area contributed by atoms with Crippen molar-refractivity contribution in [3.63, 3.8) is 0 Å². The zero-order chi connectivity index (χ0) is 26.3. The van der Waals surface area contributed by atoms with E-state index in [2.05, 4.69) is 10.3 Å². The van der Waals surface area contributed by atoms with E-state index in [9.17, 15) is 13.9 Å². The number of ether oxygens (including phenoxy) is 2. The second kappa shape index (κ2) is 11.5. The zero-order valence-electron chi connectivity index (χ0n) is 20.3. The Morgan fingerprint density at radius 3 is 2.33 bits per heavy atom. The molecule has 1 aliphatic carbocycles. The first-order chi connectivity index (χ1) is 17.4. The SMILES string of the molecule is CNC=O.CO.COc1cncc2c1C1(O)CCC(c3ccccc3)C1(c1ccc(C(F)F)cc1)O2. The molecule has 1 fully saturated rings. The van der Waals surface area contributed by atoms with Gasteiger partial charge in [0, 0.05) is 25.6 Å². The van der Waals surface area contributed by atoms with Crippen LogP contribution in [0.4, 0.5) is 8.78 Å². The summed E-state index contributed by atoms with van der Waals surface area (Å²) < 4.78 is 38.4. The molecule has 5 rings (SSSR count). The molecule has 2 heterocycles. The molecule has 3 N–H and O–H groups in total. The molecule has 7 nitrogen and oxygen atoms in total. The summed E-state index contributed by atoms with van der Waals surface area (Å²) in [6, 6.07) is 15.9. The third-order valence-corrected chi connectivity index (χ3v) is 6.59. The Balaban J connectivity index is 0.000000550. The lowest BCUT2D eigenvalue weighted by Crippen LogP contribution is -2.48. The van der Waals surface area contributed by atoms with Crippen molar-refractivity contribution in [1.29, 1.82) is 0 Å². The van der Waals surface area contributed by atoms with Crippen LogP contribution < -0.4 is 14.8 Å². The Labute approximate surface area is 208 Å². The molecule has 1 aromatic heterocycles. The minimum atomic E-state index is -2.56. The van der Waals surface area contributed by atoms with Crippen molar-refractivity contribution < 1.29 is 33.3 Å². The number of rotatable bonds is 5. The standard InChI is InChI=1S/C24H21F2NO3.C2H5NO.CH4O/c1-29-19-13-27-14-20-21(19)23(28)12-11-18(15-5-3-2-4-6-15)24(23,30-20)17-9-7-16(8-10-17)22(25)26;1-3-2-4;1-2/h2-10,13-14,18,22,28H,11-12H2,1H3;2H,1H3,(H,3,4);2H,1H3. The molecule has 0 saturated heterocycles. The average molecular weight is 501 g/mol. The molecule has 3 unspecified atom stereocenters. The lowest BCUT2D eigenvalue weighted by Gasteiger charge is -2.40. The molecular formula is C27H30F2N2O5. The highest BCUT2D eigenvalue weighted by atomic mass is 19.3. The smallest absolute Gasteiger partial charge is 0.263 e. The topological polar surface area (TPSA) is 101 Å². The highest BCUT2D eigenvalue weighted by Gasteiger charge is 2.69. The van der Waals surface area contributed by atoms with Gasteiger partial charge in [0.1, 0.15) is 17.1 Å². The Kier molecular flexibility index (Phi) is 8.60. The molecule has 9 heteroatoms. The largest absolute Gasteiger partial charge is 0.495 e. The van der Waals surface area contributed by atoms with E-state index in [-0.39, 0.29) is 11.5 Å². The number of aliphatic hydroxyl groups excluding tert-OH is 1. The number of carbonyl (C=O) groups excluding carboxylic acids is 1. The third-order valence-electron chi connectivity index (χ3n) is 6.59. The summed E-state index contributed by atoms with van der Waals surface area (Å²) in [5, 5.41) is 21.4. The molecule has 2 aromatic carbocycles. The van der Waals surface area contributed by atoms with Gasteiger partial charge in [0.25, 0.3) is 6.43 Å². The lowest BCUT2D eigenvalue weighted by atomic mass is 9.71. The van der Waals surface area contributed by atoms with Gasteiger partial charge < -0.3 is 25.0 Å². The second-order valence-electron chi connectivity index (χ2n) is 8.24. The first-order valence-corrected chi connectivity index (χ1v) is 11.4. The van der Waals surface area contributed by atoms with Crippen LogP contribution in [0.5, 0.6) is 11.5 Å². The number of halogens is 2. The molecule has 1 amide bonds. The van der Waals surface area contributed by atoms with Crippen LogP contribution in [0, 0.1) is 0 Å². The number of fused-ring (bicyclic) bond motifs is 3. The molecule has 36 heavy (non-hydrogen) atoms. The number of benzene rings is 2. The van der Waals surface area contributed by atoms with E-state index >= 15 is 0 Å². The van der Waals surface area contributed by atoms with E-state index in [1.54, 1.807) is 31.6 Å². The van der Waals surface area contributed by atoms with Crippen LogP contribution in [-0.2, 0) is 16.0 Å². The monoisotopic (exact) mass is 500 g/mol. The van der Waals surface area contributed by atoms with Crippen molar-refractivity contribution >= 4 is 6.41 Å². The predicted molar refractivity (Wildman–Crippen MR) is 130 cm³/mol. The van der Waals surface area contributed by atoms with Gasteiger partial charge in [-0.1, -0.05) is 54.6 Å². The van der Waals surface area contributed by atoms with E-state index in [0.717, 1.165) is 12.7 Å². The Bertz CT molecular complexity index is 1150. The van der Waals surface area contributed by atoms with Crippen LogP contribution in [0.1, 0.15) is 47.4 Å². The summed E-state index contributed by atoms with van der Waals surface area (Å²) in [5.41, 5.74) is -0.388. The van der Waals surface area contributed by atoms with Gasteiger partial charge in [0.2, 0.25) is 6.41 Å². The van der Waals surface area contributed by atoms with E-state index in [0.29, 0.717) is 41.9 Å². The van der Waals surface area contributed by atoms with Crippen LogP contribution in [0.3, 0.4) is 0 Å². The van der Waals surface area contributed by atoms with E-state index in [1.807, 2.05) is 30.3 Å². The fourth-order valence-corrected chi connectivity index (χ4v) is 5.19. The van der Waals surface area contributed by atoms with Crippen LogP contribution in [-0.4, -0.2) is 42.9 Å². The number of hydrogen-bond acceptors (Lipinski definition) is 6. The normalized spacial score (nSPS) is 23.2. The van der Waals surface area contributed by atoms with Crippen molar-refractivity contribution in [2.75, 3.05) is 21.3 Å². The van der Waals surface area contributed by atoms with Crippen LogP contribution >= 0.6 is 0 Å². The van der Waals surface area contributed by atoms with Crippen molar-refractivity contribution in [2.24, 2.45) is 0 Å². The number of aromatic nitrogens is 1. The lowest BCUT2D eigenvalue weighted by molar-refractivity contribution is -0.109. The number of aliphatic hydroxyl groups is 2. The summed E-state index contributed by atoms with van der Waals surface area (Å²) in [7, 11) is 4.09. The predicted octanol–water partition coefficient (Wildman–Crippen LogP) is 4.05. The molecule has 1 saturated carbocycles. The number of amides is 1. The number of alkyl halides is 2. The third kappa shape index (κ3) is 4.40. The van der Waals surface area contributed by atoms with Crippen molar-refractivity contribution in [3.8, 4) is 11.5 Å². The molecular weight excluding hydrogens is 470 g/mol. The minimum absolute atomic E-state index is 0.0669. The molecule has 0 spiro atoms. The fraction of sp³-hybridized carbons (Fsp3) is 0.333. The number of methoxy groups -OCH3 is 1. The summed E-state index contributed by atoms with van der Waals surface area (Å²) in [6.45, 7) is 0. The maximum absolute atomic E-state index is 13.2. The fourth-order valence-electron chi connectivity index (χ4n) is 5.19. The molecule has 192 valence electrons. The van der Waals surface area contributed by atoms with Gasteiger partial charge in [-0.15, -0.1) is 0 Å². The molecule has 0 radical (unpaired) electrons. The van der Waals surface area contributed by atoms with Gasteiger partial charge in [-0.25, -0.2) is 8.78 Å². The highest BCUT2D eigenvalue weighted by molar-refractivity contribution is 5.57. The number of hydrogen-bond donors (Lipinski definition) is 3. The molecule has 1 aliphatic heterocycles. The van der Waals surface area contributed by atoms with Crippen molar-refractivity contribution in [3.05, 3.63) is 89.2 Å². The van der Waals surface area contributed by atoms with Gasteiger partial charge in [-0.2, -0.15) is 0 Å². The van der Waals surface area contributed by atoms with Gasteiger partial charge in [0.15, 0.2) is 5.60 Å². The number of nitrogens with one attached hydrogen (secondary N) is 1. The van der Waals surface area contributed by atoms with E-state index in [1.165, 1.54) is 19.2 Å². The summed E-state index contributed by atoms with van der Waals surface area (Å²) in [4.78, 5) is 13.2. The second-order valence-corrected chi connectivity index (χ2v) is 8.24. The average Bonchev–Trinajstić information content (AvgIpc) is 3.37. The van der Waals surface area contributed by atoms with Crippen LogP contribution in [0.25, 0.3) is 0 Å². The van der Waals surface area contributed by atoms with Crippen LogP contribution in [0.15, 0.2) is 67.0 Å². The van der Waals surface area contributed by atoms with Crippen LogP contribution in [0.2, 0.25) is 0 Å². The van der Waals surface area contributed by atoms with Gasteiger partial charge in [0.05, 0.1) is 25.1 Å². The number of nitrogens with zero attached hydrogens (tertiary/aromatic N) is 1. The Hall–Kier alpha value is -3.56. The Morgan fingerprint density at radius 1 is 1.14 bits per heavy atom. The molecule has 0 bridgehead atoms. The highest BCUT2D eigenvalue weighted by Crippen LogP contribution is 2.67. The molecule has 3 aromatic rings. The van der Waals surface area contributed by atoms with Crippen molar-refractivity contribution in [1.82, 2.24) is 10.3 Å². The Morgan fingerprint density at radius 2 is 1.78 bits per heavy atom. The van der Waals surface area contributed by atoms with Crippen molar-refractivity contribution in [2.45, 2.75) is 36.4 Å². The zero-order valence-corrected chi connectivity index (χ0v) is 20.3.